The van der Waals surface area contributed by atoms with Crippen molar-refractivity contribution in [3.63, 3.8) is 0 Å². The first-order chi connectivity index (χ1) is 15.3. The molecular formula is C26H23N3O2. The van der Waals surface area contributed by atoms with Gasteiger partial charge in [0.25, 0.3) is 5.91 Å². The SMILES string of the molecule is O=C(NCC(Cc1ccccc1)O/N=C/c1cccc2cccnc12)c1ccccc1. The predicted octanol–water partition coefficient (Wildman–Crippen LogP) is 4.63. The van der Waals surface area contributed by atoms with Crippen LogP contribution < -0.4 is 5.32 Å². The normalized spacial score (nSPS) is 12.0. The van der Waals surface area contributed by atoms with Crippen molar-refractivity contribution in [2.45, 2.75) is 12.5 Å². The van der Waals surface area contributed by atoms with Gasteiger partial charge < -0.3 is 10.2 Å². The lowest BCUT2D eigenvalue weighted by Gasteiger charge is -2.16. The van der Waals surface area contributed by atoms with Gasteiger partial charge in [-0.25, -0.2) is 0 Å². The zero-order chi connectivity index (χ0) is 21.3. The third kappa shape index (κ3) is 5.54. The second-order valence-corrected chi connectivity index (χ2v) is 7.15. The van der Waals surface area contributed by atoms with E-state index in [-0.39, 0.29) is 12.0 Å². The number of oxime groups is 1. The lowest BCUT2D eigenvalue weighted by atomic mass is 10.1. The fraction of sp³-hybridized carbons (Fsp3) is 0.115. The number of nitrogens with one attached hydrogen (secondary N) is 1. The molecule has 0 aliphatic rings. The summed E-state index contributed by atoms with van der Waals surface area (Å²) in [4.78, 5) is 22.7. The molecule has 0 fully saturated rings. The topological polar surface area (TPSA) is 63.6 Å². The van der Waals surface area contributed by atoms with Crippen LogP contribution in [0.3, 0.4) is 0 Å². The Morgan fingerprint density at radius 3 is 2.48 bits per heavy atom. The number of hydrogen-bond acceptors (Lipinski definition) is 4. The zero-order valence-corrected chi connectivity index (χ0v) is 17.0. The fourth-order valence-corrected chi connectivity index (χ4v) is 3.33. The average Bonchev–Trinajstić information content (AvgIpc) is 2.83. The Morgan fingerprint density at radius 1 is 0.935 bits per heavy atom. The number of para-hydroxylation sites is 1. The molecule has 0 bridgehead atoms. The number of pyridine rings is 1. The summed E-state index contributed by atoms with van der Waals surface area (Å²) in [5.74, 6) is -0.135. The smallest absolute Gasteiger partial charge is 0.251 e. The molecule has 1 heterocycles. The van der Waals surface area contributed by atoms with Crippen LogP contribution in [-0.2, 0) is 11.3 Å². The molecule has 0 radical (unpaired) electrons. The lowest BCUT2D eigenvalue weighted by Crippen LogP contribution is -2.34. The number of hydrogen-bond donors (Lipinski definition) is 1. The second kappa shape index (κ2) is 10.2. The maximum Gasteiger partial charge on any atom is 0.251 e. The number of fused-ring (bicyclic) bond motifs is 1. The van der Waals surface area contributed by atoms with E-state index in [0.717, 1.165) is 22.0 Å². The molecule has 1 unspecified atom stereocenters. The van der Waals surface area contributed by atoms with Crippen LogP contribution in [0.15, 0.2) is 102 Å². The molecule has 4 rings (SSSR count). The van der Waals surface area contributed by atoms with Gasteiger partial charge in [-0.3, -0.25) is 9.78 Å². The Balaban J connectivity index is 1.46. The van der Waals surface area contributed by atoms with Crippen LogP contribution in [0.2, 0.25) is 0 Å². The van der Waals surface area contributed by atoms with E-state index in [0.29, 0.717) is 18.5 Å². The lowest BCUT2D eigenvalue weighted by molar-refractivity contribution is 0.0570. The third-order valence-electron chi connectivity index (χ3n) is 4.90. The van der Waals surface area contributed by atoms with E-state index in [1.165, 1.54) is 0 Å². The first-order valence-corrected chi connectivity index (χ1v) is 10.2. The number of aromatic nitrogens is 1. The highest BCUT2D eigenvalue weighted by Gasteiger charge is 2.14. The van der Waals surface area contributed by atoms with E-state index in [1.807, 2.05) is 78.9 Å². The van der Waals surface area contributed by atoms with Crippen molar-refractivity contribution in [1.29, 1.82) is 0 Å². The van der Waals surface area contributed by atoms with E-state index >= 15 is 0 Å². The van der Waals surface area contributed by atoms with Crippen molar-refractivity contribution in [3.8, 4) is 0 Å². The maximum absolute atomic E-state index is 12.4. The zero-order valence-electron chi connectivity index (χ0n) is 17.0. The van der Waals surface area contributed by atoms with E-state index in [9.17, 15) is 4.79 Å². The van der Waals surface area contributed by atoms with Crippen molar-refractivity contribution < 1.29 is 9.63 Å². The summed E-state index contributed by atoms with van der Waals surface area (Å²) in [6, 6.07) is 29.0. The number of nitrogens with zero attached hydrogens (tertiary/aromatic N) is 2. The number of benzene rings is 3. The van der Waals surface area contributed by atoms with Gasteiger partial charge in [0.15, 0.2) is 0 Å². The van der Waals surface area contributed by atoms with Gasteiger partial charge in [0.1, 0.15) is 6.10 Å². The van der Waals surface area contributed by atoms with Crippen LogP contribution in [0.4, 0.5) is 0 Å². The molecule has 0 aliphatic carbocycles. The Kier molecular flexibility index (Phi) is 6.65. The molecule has 1 atom stereocenters. The first kappa shape index (κ1) is 20.3. The van der Waals surface area contributed by atoms with Crippen LogP contribution in [0.1, 0.15) is 21.5 Å². The number of carbonyl (C=O) groups excluding carboxylic acids is 1. The molecule has 0 aliphatic heterocycles. The molecule has 3 aromatic carbocycles. The molecule has 154 valence electrons. The minimum Gasteiger partial charge on any atom is -0.390 e. The Labute approximate surface area is 181 Å². The molecule has 0 saturated carbocycles. The van der Waals surface area contributed by atoms with Crippen molar-refractivity contribution in [3.05, 3.63) is 114 Å². The highest BCUT2D eigenvalue weighted by molar-refractivity contribution is 5.97. The molecule has 1 amide bonds. The monoisotopic (exact) mass is 409 g/mol. The molecule has 0 spiro atoms. The standard InChI is InChI=1S/C26H23N3O2/c30-26(22-11-5-2-6-12-22)28-19-24(17-20-9-3-1-4-10-20)31-29-18-23-14-7-13-21-15-8-16-27-25(21)23/h1-16,18,24H,17,19H2,(H,28,30)/b29-18+. The van der Waals surface area contributed by atoms with Gasteiger partial charge in [0.05, 0.1) is 18.3 Å². The maximum atomic E-state index is 12.4. The number of carbonyl (C=O) groups is 1. The van der Waals surface area contributed by atoms with Gasteiger partial charge in [0.2, 0.25) is 0 Å². The van der Waals surface area contributed by atoms with Gasteiger partial charge in [-0.1, -0.05) is 78.0 Å². The van der Waals surface area contributed by atoms with E-state index in [1.54, 1.807) is 24.5 Å². The molecular weight excluding hydrogens is 386 g/mol. The summed E-state index contributed by atoms with van der Waals surface area (Å²) in [6.07, 6.45) is 3.75. The van der Waals surface area contributed by atoms with E-state index in [2.05, 4.69) is 15.5 Å². The Morgan fingerprint density at radius 2 is 1.68 bits per heavy atom. The predicted molar refractivity (Wildman–Crippen MR) is 123 cm³/mol. The fourth-order valence-electron chi connectivity index (χ4n) is 3.33. The highest BCUT2D eigenvalue weighted by atomic mass is 16.6. The summed E-state index contributed by atoms with van der Waals surface area (Å²) in [6.45, 7) is 0.341. The van der Waals surface area contributed by atoms with Gasteiger partial charge in [-0.05, 0) is 23.8 Å². The summed E-state index contributed by atoms with van der Waals surface area (Å²) in [5.41, 5.74) is 3.48. The highest BCUT2D eigenvalue weighted by Crippen LogP contribution is 2.14. The molecule has 1 aromatic heterocycles. The average molecular weight is 409 g/mol. The molecule has 5 heteroatoms. The van der Waals surface area contributed by atoms with Crippen LogP contribution in [0, 0.1) is 0 Å². The van der Waals surface area contributed by atoms with Gasteiger partial charge >= 0.3 is 0 Å². The summed E-state index contributed by atoms with van der Waals surface area (Å²) < 4.78 is 0. The van der Waals surface area contributed by atoms with Crippen LogP contribution >= 0.6 is 0 Å². The van der Waals surface area contributed by atoms with Crippen molar-refractivity contribution in [2.75, 3.05) is 6.54 Å². The Hall–Kier alpha value is -3.99. The molecule has 5 nitrogen and oxygen atoms in total. The van der Waals surface area contributed by atoms with Crippen LogP contribution in [0.5, 0.6) is 0 Å². The molecule has 0 saturated heterocycles. The second-order valence-electron chi connectivity index (χ2n) is 7.15. The van der Waals surface area contributed by atoms with E-state index in [4.69, 9.17) is 4.84 Å². The first-order valence-electron chi connectivity index (χ1n) is 10.2. The van der Waals surface area contributed by atoms with Crippen LogP contribution in [-0.4, -0.2) is 29.8 Å². The molecule has 1 N–H and O–H groups in total. The minimum atomic E-state index is -0.311. The summed E-state index contributed by atoms with van der Waals surface area (Å²) in [5, 5.41) is 8.21. The molecule has 4 aromatic rings. The number of amides is 1. The number of rotatable bonds is 8. The largest absolute Gasteiger partial charge is 0.390 e. The van der Waals surface area contributed by atoms with Gasteiger partial charge in [-0.15, -0.1) is 0 Å². The van der Waals surface area contributed by atoms with E-state index < -0.39 is 0 Å². The Bertz CT molecular complexity index is 1160. The van der Waals surface area contributed by atoms with Crippen molar-refractivity contribution in [2.24, 2.45) is 5.16 Å². The quantitative estimate of drug-likeness (QED) is 0.341. The summed E-state index contributed by atoms with van der Waals surface area (Å²) >= 11 is 0. The van der Waals surface area contributed by atoms with Gasteiger partial charge in [0, 0.05) is 29.1 Å². The van der Waals surface area contributed by atoms with Crippen molar-refractivity contribution in [1.82, 2.24) is 10.3 Å². The minimum absolute atomic E-state index is 0.135. The van der Waals surface area contributed by atoms with Crippen molar-refractivity contribution >= 4 is 23.0 Å². The summed E-state index contributed by atoms with van der Waals surface area (Å²) in [7, 11) is 0. The third-order valence-corrected chi connectivity index (χ3v) is 4.90. The van der Waals surface area contributed by atoms with Crippen LogP contribution in [0.25, 0.3) is 10.9 Å². The molecule has 31 heavy (non-hydrogen) atoms. The van der Waals surface area contributed by atoms with Gasteiger partial charge in [-0.2, -0.15) is 0 Å².